The van der Waals surface area contributed by atoms with Crippen molar-refractivity contribution in [1.29, 1.82) is 0 Å². The van der Waals surface area contributed by atoms with E-state index in [9.17, 15) is 8.42 Å². The van der Waals surface area contributed by atoms with Crippen LogP contribution in [0.1, 0.15) is 40.0 Å². The molecule has 1 heterocycles. The fourth-order valence-corrected chi connectivity index (χ4v) is 3.21. The van der Waals surface area contributed by atoms with Gasteiger partial charge in [0.15, 0.2) is 0 Å². The van der Waals surface area contributed by atoms with E-state index in [1.54, 1.807) is 6.07 Å². The van der Waals surface area contributed by atoms with Crippen molar-refractivity contribution in [3.8, 4) is 0 Å². The minimum absolute atomic E-state index is 0.0318. The van der Waals surface area contributed by atoms with Crippen molar-refractivity contribution in [1.82, 2.24) is 9.71 Å². The van der Waals surface area contributed by atoms with Crippen LogP contribution in [0.25, 0.3) is 0 Å². The standard InChI is InChI=1S/C13H23N3O2S/c1-10(2)6-4-7-11(3)16-19(17,18)12-8-5-9-15-13(12)14/h5,8-11,16H,4,6-7H2,1-3H3,(H2,14,15). The smallest absolute Gasteiger partial charge is 0.244 e. The number of sulfonamides is 1. The maximum Gasteiger partial charge on any atom is 0.244 e. The summed E-state index contributed by atoms with van der Waals surface area (Å²) in [6.45, 7) is 6.18. The first-order chi connectivity index (χ1) is 8.83. The summed E-state index contributed by atoms with van der Waals surface area (Å²) in [6, 6.07) is 2.92. The van der Waals surface area contributed by atoms with Crippen LogP contribution in [0.5, 0.6) is 0 Å². The Morgan fingerprint density at radius 1 is 1.32 bits per heavy atom. The molecule has 0 aromatic carbocycles. The van der Waals surface area contributed by atoms with Gasteiger partial charge in [-0.25, -0.2) is 18.1 Å². The van der Waals surface area contributed by atoms with Crippen LogP contribution in [0.15, 0.2) is 23.2 Å². The predicted octanol–water partition coefficient (Wildman–Crippen LogP) is 2.16. The van der Waals surface area contributed by atoms with Crippen LogP contribution < -0.4 is 10.5 Å². The van der Waals surface area contributed by atoms with Gasteiger partial charge < -0.3 is 5.73 Å². The zero-order valence-electron chi connectivity index (χ0n) is 11.8. The molecular weight excluding hydrogens is 262 g/mol. The number of anilines is 1. The van der Waals surface area contributed by atoms with Gasteiger partial charge in [0.2, 0.25) is 10.0 Å². The molecule has 3 N–H and O–H groups in total. The van der Waals surface area contributed by atoms with E-state index >= 15 is 0 Å². The average molecular weight is 285 g/mol. The number of pyridine rings is 1. The van der Waals surface area contributed by atoms with E-state index in [-0.39, 0.29) is 16.8 Å². The third-order valence-electron chi connectivity index (χ3n) is 2.86. The van der Waals surface area contributed by atoms with Gasteiger partial charge in [0.05, 0.1) is 0 Å². The highest BCUT2D eigenvalue weighted by Gasteiger charge is 2.20. The van der Waals surface area contributed by atoms with E-state index in [1.165, 1.54) is 12.3 Å². The normalized spacial score (nSPS) is 13.7. The van der Waals surface area contributed by atoms with Gasteiger partial charge in [-0.2, -0.15) is 0 Å². The lowest BCUT2D eigenvalue weighted by molar-refractivity contribution is 0.488. The largest absolute Gasteiger partial charge is 0.383 e. The summed E-state index contributed by atoms with van der Waals surface area (Å²) in [5.74, 6) is 0.669. The van der Waals surface area contributed by atoms with Gasteiger partial charge in [-0.05, 0) is 31.4 Å². The monoisotopic (exact) mass is 285 g/mol. The molecule has 1 atom stereocenters. The third-order valence-corrected chi connectivity index (χ3v) is 4.50. The number of nitrogens with one attached hydrogen (secondary N) is 1. The van der Waals surface area contributed by atoms with Gasteiger partial charge in [-0.1, -0.05) is 26.7 Å². The van der Waals surface area contributed by atoms with E-state index in [0.29, 0.717) is 5.92 Å². The molecule has 6 heteroatoms. The quantitative estimate of drug-likeness (QED) is 0.804. The topological polar surface area (TPSA) is 85.1 Å². The molecule has 0 aliphatic heterocycles. The van der Waals surface area contributed by atoms with Crippen molar-refractivity contribution < 1.29 is 8.42 Å². The zero-order chi connectivity index (χ0) is 14.5. The fourth-order valence-electron chi connectivity index (χ4n) is 1.85. The molecule has 0 saturated carbocycles. The van der Waals surface area contributed by atoms with E-state index in [1.807, 2.05) is 6.92 Å². The summed E-state index contributed by atoms with van der Waals surface area (Å²) in [5, 5.41) is 0. The molecule has 0 spiro atoms. The number of nitrogens with zero attached hydrogens (tertiary/aromatic N) is 1. The van der Waals surface area contributed by atoms with Gasteiger partial charge in [0, 0.05) is 12.2 Å². The Hall–Kier alpha value is -1.14. The van der Waals surface area contributed by atoms with Crippen LogP contribution in [-0.2, 0) is 10.0 Å². The van der Waals surface area contributed by atoms with Gasteiger partial charge in [-0.15, -0.1) is 0 Å². The second-order valence-corrected chi connectivity index (χ2v) is 6.92. The number of nitrogens with two attached hydrogens (primary N) is 1. The van der Waals surface area contributed by atoms with Crippen molar-refractivity contribution >= 4 is 15.8 Å². The van der Waals surface area contributed by atoms with Crippen LogP contribution in [0.4, 0.5) is 5.82 Å². The maximum absolute atomic E-state index is 12.1. The number of hydrogen-bond acceptors (Lipinski definition) is 4. The Morgan fingerprint density at radius 2 is 2.00 bits per heavy atom. The Balaban J connectivity index is 2.63. The number of hydrogen-bond donors (Lipinski definition) is 2. The van der Waals surface area contributed by atoms with E-state index in [0.717, 1.165) is 19.3 Å². The molecular formula is C13H23N3O2S. The molecule has 0 aliphatic rings. The number of nitrogen functional groups attached to an aromatic ring is 1. The van der Waals surface area contributed by atoms with Gasteiger partial charge in [-0.3, -0.25) is 0 Å². The first-order valence-corrected chi connectivity index (χ1v) is 8.04. The minimum atomic E-state index is -3.58. The Kier molecular flexibility index (Phi) is 5.75. The molecule has 19 heavy (non-hydrogen) atoms. The lowest BCUT2D eigenvalue weighted by atomic mass is 10.0. The second-order valence-electron chi connectivity index (χ2n) is 5.23. The molecule has 0 fully saturated rings. The van der Waals surface area contributed by atoms with E-state index in [2.05, 4.69) is 23.6 Å². The Morgan fingerprint density at radius 3 is 2.58 bits per heavy atom. The summed E-state index contributed by atoms with van der Waals surface area (Å²) < 4.78 is 26.9. The summed E-state index contributed by atoms with van der Waals surface area (Å²) in [4.78, 5) is 3.84. The van der Waals surface area contributed by atoms with Crippen LogP contribution in [0.3, 0.4) is 0 Å². The Bertz CT molecular complexity index is 500. The van der Waals surface area contributed by atoms with Gasteiger partial charge in [0.25, 0.3) is 0 Å². The highest BCUT2D eigenvalue weighted by molar-refractivity contribution is 7.89. The lowest BCUT2D eigenvalue weighted by Gasteiger charge is -2.15. The number of rotatable bonds is 7. The van der Waals surface area contributed by atoms with Crippen molar-refractivity contribution in [2.24, 2.45) is 5.92 Å². The van der Waals surface area contributed by atoms with Crippen LogP contribution in [-0.4, -0.2) is 19.4 Å². The van der Waals surface area contributed by atoms with Crippen LogP contribution in [0.2, 0.25) is 0 Å². The molecule has 0 saturated heterocycles. The fraction of sp³-hybridized carbons (Fsp3) is 0.615. The van der Waals surface area contributed by atoms with Crippen molar-refractivity contribution in [3.63, 3.8) is 0 Å². The molecule has 0 aliphatic carbocycles. The minimum Gasteiger partial charge on any atom is -0.383 e. The summed E-state index contributed by atoms with van der Waals surface area (Å²) in [5.41, 5.74) is 5.59. The molecule has 0 bridgehead atoms. The van der Waals surface area contributed by atoms with Crippen LogP contribution in [0, 0.1) is 5.92 Å². The van der Waals surface area contributed by atoms with Crippen LogP contribution >= 0.6 is 0 Å². The van der Waals surface area contributed by atoms with Crippen molar-refractivity contribution in [2.75, 3.05) is 5.73 Å². The lowest BCUT2D eigenvalue weighted by Crippen LogP contribution is -2.33. The summed E-state index contributed by atoms with van der Waals surface area (Å²) >= 11 is 0. The highest BCUT2D eigenvalue weighted by Crippen LogP contribution is 2.16. The molecule has 1 aromatic rings. The Labute approximate surface area is 115 Å². The second kappa shape index (κ2) is 6.86. The predicted molar refractivity (Wildman–Crippen MR) is 77.1 cm³/mol. The molecule has 1 aromatic heterocycles. The van der Waals surface area contributed by atoms with Crippen molar-refractivity contribution in [2.45, 2.75) is 51.0 Å². The first kappa shape index (κ1) is 15.9. The first-order valence-electron chi connectivity index (χ1n) is 6.55. The maximum atomic E-state index is 12.1. The average Bonchev–Trinajstić information content (AvgIpc) is 2.27. The van der Waals surface area contributed by atoms with Crippen molar-refractivity contribution in [3.05, 3.63) is 18.3 Å². The van der Waals surface area contributed by atoms with E-state index < -0.39 is 10.0 Å². The molecule has 5 nitrogen and oxygen atoms in total. The molecule has 1 rings (SSSR count). The summed E-state index contributed by atoms with van der Waals surface area (Å²) in [7, 11) is -3.58. The van der Waals surface area contributed by atoms with Gasteiger partial charge >= 0.3 is 0 Å². The molecule has 108 valence electrons. The van der Waals surface area contributed by atoms with E-state index in [4.69, 9.17) is 5.73 Å². The molecule has 0 amide bonds. The number of aromatic nitrogens is 1. The SMILES string of the molecule is CC(C)CCCC(C)NS(=O)(=O)c1cccnc1N. The molecule has 0 radical (unpaired) electrons. The molecule has 1 unspecified atom stereocenters. The zero-order valence-corrected chi connectivity index (χ0v) is 12.6. The third kappa shape index (κ3) is 5.16. The van der Waals surface area contributed by atoms with Gasteiger partial charge in [0.1, 0.15) is 10.7 Å². The summed E-state index contributed by atoms with van der Waals surface area (Å²) in [6.07, 6.45) is 4.39. The highest BCUT2D eigenvalue weighted by atomic mass is 32.2.